The van der Waals surface area contributed by atoms with Crippen LogP contribution in [0.15, 0.2) is 18.2 Å². The molecule has 0 unspecified atom stereocenters. The standard InChI is InChI=1S/C17H22FNO4/c1-11(2)10-23-13-5-7-19(8-6-13)16(20)14-4-3-12(17(21)22)9-15(14)18/h3-4,9,11,13H,5-8,10H2,1-2H3,(H,21,22). The average molecular weight is 323 g/mol. The third-order valence-corrected chi connectivity index (χ3v) is 3.84. The Bertz CT molecular complexity index is 580. The molecule has 0 aliphatic carbocycles. The normalized spacial score (nSPS) is 15.9. The Hall–Kier alpha value is -1.95. The molecule has 1 aliphatic heterocycles. The average Bonchev–Trinajstić information content (AvgIpc) is 2.52. The molecule has 0 saturated carbocycles. The lowest BCUT2D eigenvalue weighted by atomic mass is 10.0. The van der Waals surface area contributed by atoms with Crippen LogP contribution in [0.3, 0.4) is 0 Å². The lowest BCUT2D eigenvalue weighted by molar-refractivity contribution is -0.00240. The van der Waals surface area contributed by atoms with E-state index >= 15 is 0 Å². The van der Waals surface area contributed by atoms with Gasteiger partial charge in [-0.2, -0.15) is 0 Å². The molecule has 0 aromatic heterocycles. The Labute approximate surface area is 135 Å². The second-order valence-corrected chi connectivity index (χ2v) is 6.22. The molecule has 5 nitrogen and oxygen atoms in total. The van der Waals surface area contributed by atoms with E-state index in [1.807, 2.05) is 0 Å². The Kier molecular flexibility index (Phi) is 5.71. The summed E-state index contributed by atoms with van der Waals surface area (Å²) >= 11 is 0. The van der Waals surface area contributed by atoms with Crippen LogP contribution in [0.5, 0.6) is 0 Å². The minimum Gasteiger partial charge on any atom is -0.478 e. The molecule has 0 bridgehead atoms. The van der Waals surface area contributed by atoms with Crippen molar-refractivity contribution in [1.29, 1.82) is 0 Å². The van der Waals surface area contributed by atoms with Crippen LogP contribution >= 0.6 is 0 Å². The van der Waals surface area contributed by atoms with Gasteiger partial charge in [0.2, 0.25) is 0 Å². The number of likely N-dealkylation sites (tertiary alicyclic amines) is 1. The molecule has 1 aromatic carbocycles. The van der Waals surface area contributed by atoms with Crippen LogP contribution in [0.25, 0.3) is 0 Å². The summed E-state index contributed by atoms with van der Waals surface area (Å²) in [5.74, 6) is -1.95. The molecule has 0 spiro atoms. The van der Waals surface area contributed by atoms with Gasteiger partial charge in [0.05, 0.1) is 17.2 Å². The van der Waals surface area contributed by atoms with E-state index in [0.29, 0.717) is 25.6 Å². The smallest absolute Gasteiger partial charge is 0.335 e. The number of benzene rings is 1. The predicted octanol–water partition coefficient (Wildman–Crippen LogP) is 2.80. The lowest BCUT2D eigenvalue weighted by Gasteiger charge is -2.32. The van der Waals surface area contributed by atoms with E-state index in [4.69, 9.17) is 9.84 Å². The van der Waals surface area contributed by atoms with Crippen molar-refractivity contribution in [2.75, 3.05) is 19.7 Å². The first kappa shape index (κ1) is 17.4. The highest BCUT2D eigenvalue weighted by Crippen LogP contribution is 2.19. The molecule has 1 aromatic rings. The minimum atomic E-state index is -1.22. The maximum Gasteiger partial charge on any atom is 0.335 e. The number of hydrogen-bond donors (Lipinski definition) is 1. The first-order valence-corrected chi connectivity index (χ1v) is 7.82. The molecule has 1 N–H and O–H groups in total. The summed E-state index contributed by atoms with van der Waals surface area (Å²) in [5.41, 5.74) is -0.253. The van der Waals surface area contributed by atoms with Crippen molar-refractivity contribution in [3.63, 3.8) is 0 Å². The molecule has 126 valence electrons. The van der Waals surface area contributed by atoms with Gasteiger partial charge in [-0.25, -0.2) is 9.18 Å². The quantitative estimate of drug-likeness (QED) is 0.905. The number of hydrogen-bond acceptors (Lipinski definition) is 3. The SMILES string of the molecule is CC(C)COC1CCN(C(=O)c2ccc(C(=O)O)cc2F)CC1. The molecular formula is C17H22FNO4. The van der Waals surface area contributed by atoms with E-state index in [2.05, 4.69) is 13.8 Å². The molecule has 0 radical (unpaired) electrons. The van der Waals surface area contributed by atoms with Crippen LogP contribution in [0.4, 0.5) is 4.39 Å². The zero-order valence-electron chi connectivity index (χ0n) is 13.4. The third-order valence-electron chi connectivity index (χ3n) is 3.84. The number of carbonyl (C=O) groups is 2. The van der Waals surface area contributed by atoms with Gasteiger partial charge in [0, 0.05) is 19.7 Å². The maximum atomic E-state index is 14.0. The van der Waals surface area contributed by atoms with Crippen LogP contribution < -0.4 is 0 Å². The fourth-order valence-electron chi connectivity index (χ4n) is 2.55. The summed E-state index contributed by atoms with van der Waals surface area (Å²) in [5, 5.41) is 8.83. The highest BCUT2D eigenvalue weighted by Gasteiger charge is 2.26. The van der Waals surface area contributed by atoms with Crippen LogP contribution in [0.2, 0.25) is 0 Å². The molecule has 1 fully saturated rings. The van der Waals surface area contributed by atoms with Crippen molar-refractivity contribution in [3.8, 4) is 0 Å². The molecular weight excluding hydrogens is 301 g/mol. The van der Waals surface area contributed by atoms with Crippen molar-refractivity contribution in [2.45, 2.75) is 32.8 Å². The predicted molar refractivity (Wildman–Crippen MR) is 83.1 cm³/mol. The number of carbonyl (C=O) groups excluding carboxylic acids is 1. The summed E-state index contributed by atoms with van der Waals surface area (Å²) in [6.45, 7) is 5.90. The van der Waals surface area contributed by atoms with E-state index < -0.39 is 17.7 Å². The second kappa shape index (κ2) is 7.55. The number of aromatic carboxylic acids is 1. The highest BCUT2D eigenvalue weighted by atomic mass is 19.1. The van der Waals surface area contributed by atoms with Crippen LogP contribution in [0, 0.1) is 11.7 Å². The summed E-state index contributed by atoms with van der Waals surface area (Å²) in [7, 11) is 0. The third kappa shape index (κ3) is 4.51. The Balaban J connectivity index is 1.96. The summed E-state index contributed by atoms with van der Waals surface area (Å²) in [6.07, 6.45) is 1.60. The molecule has 2 rings (SSSR count). The largest absolute Gasteiger partial charge is 0.478 e. The number of ether oxygens (including phenoxy) is 1. The van der Waals surface area contributed by atoms with Crippen molar-refractivity contribution >= 4 is 11.9 Å². The molecule has 1 saturated heterocycles. The molecule has 1 aliphatic rings. The van der Waals surface area contributed by atoms with Gasteiger partial charge in [-0.15, -0.1) is 0 Å². The minimum absolute atomic E-state index is 0.0865. The van der Waals surface area contributed by atoms with E-state index in [0.717, 1.165) is 18.9 Å². The summed E-state index contributed by atoms with van der Waals surface area (Å²) < 4.78 is 19.7. The number of piperidine rings is 1. The van der Waals surface area contributed by atoms with Gasteiger partial charge in [0.15, 0.2) is 0 Å². The second-order valence-electron chi connectivity index (χ2n) is 6.22. The zero-order valence-corrected chi connectivity index (χ0v) is 13.4. The number of halogens is 1. The van der Waals surface area contributed by atoms with E-state index in [-0.39, 0.29) is 17.2 Å². The van der Waals surface area contributed by atoms with Crippen molar-refractivity contribution in [3.05, 3.63) is 35.1 Å². The van der Waals surface area contributed by atoms with Gasteiger partial charge in [0.1, 0.15) is 5.82 Å². The van der Waals surface area contributed by atoms with Crippen molar-refractivity contribution in [1.82, 2.24) is 4.90 Å². The number of carboxylic acid groups (broad SMARTS) is 1. The lowest BCUT2D eigenvalue weighted by Crippen LogP contribution is -2.41. The van der Waals surface area contributed by atoms with Crippen LogP contribution in [-0.2, 0) is 4.74 Å². The zero-order chi connectivity index (χ0) is 17.0. The van der Waals surface area contributed by atoms with Gasteiger partial charge in [-0.05, 0) is 37.0 Å². The Morgan fingerprint density at radius 2 is 2.00 bits per heavy atom. The summed E-state index contributed by atoms with van der Waals surface area (Å²) in [4.78, 5) is 24.8. The molecule has 1 heterocycles. The highest BCUT2D eigenvalue weighted by molar-refractivity contribution is 5.96. The first-order chi connectivity index (χ1) is 10.9. The fourth-order valence-corrected chi connectivity index (χ4v) is 2.55. The van der Waals surface area contributed by atoms with Gasteiger partial charge in [0.25, 0.3) is 5.91 Å². The number of amides is 1. The molecule has 0 atom stereocenters. The molecule has 23 heavy (non-hydrogen) atoms. The number of rotatable bonds is 5. The Morgan fingerprint density at radius 3 is 2.52 bits per heavy atom. The molecule has 1 amide bonds. The topological polar surface area (TPSA) is 66.8 Å². The summed E-state index contributed by atoms with van der Waals surface area (Å²) in [6, 6.07) is 3.37. The van der Waals surface area contributed by atoms with Crippen LogP contribution in [0.1, 0.15) is 47.4 Å². The van der Waals surface area contributed by atoms with E-state index in [9.17, 15) is 14.0 Å². The first-order valence-electron chi connectivity index (χ1n) is 7.82. The van der Waals surface area contributed by atoms with Crippen LogP contribution in [-0.4, -0.2) is 47.7 Å². The number of carboxylic acids is 1. The monoisotopic (exact) mass is 323 g/mol. The van der Waals surface area contributed by atoms with Crippen molar-refractivity contribution in [2.24, 2.45) is 5.92 Å². The maximum absolute atomic E-state index is 14.0. The van der Waals surface area contributed by atoms with Crippen molar-refractivity contribution < 1.29 is 23.8 Å². The number of nitrogens with zero attached hydrogens (tertiary/aromatic N) is 1. The molecule has 6 heteroatoms. The van der Waals surface area contributed by atoms with E-state index in [1.54, 1.807) is 4.90 Å². The van der Waals surface area contributed by atoms with Gasteiger partial charge < -0.3 is 14.7 Å². The van der Waals surface area contributed by atoms with Gasteiger partial charge in [-0.1, -0.05) is 13.8 Å². The Morgan fingerprint density at radius 1 is 1.35 bits per heavy atom. The van der Waals surface area contributed by atoms with Gasteiger partial charge >= 0.3 is 5.97 Å². The van der Waals surface area contributed by atoms with E-state index in [1.165, 1.54) is 12.1 Å². The fraction of sp³-hybridized carbons (Fsp3) is 0.529. The van der Waals surface area contributed by atoms with Gasteiger partial charge in [-0.3, -0.25) is 4.79 Å².